The Morgan fingerprint density at radius 2 is 2.08 bits per heavy atom. The Balaban J connectivity index is 2.06. The van der Waals surface area contributed by atoms with Crippen molar-refractivity contribution in [3.63, 3.8) is 0 Å². The predicted octanol–water partition coefficient (Wildman–Crippen LogP) is 2.83. The molecule has 1 aromatic carbocycles. The lowest BCUT2D eigenvalue weighted by molar-refractivity contribution is -0.159. The number of aliphatic carboxylic acids is 1. The highest BCUT2D eigenvalue weighted by molar-refractivity contribution is 5.80. The van der Waals surface area contributed by atoms with Crippen molar-refractivity contribution in [1.82, 2.24) is 4.90 Å². The van der Waals surface area contributed by atoms with Crippen molar-refractivity contribution in [2.75, 3.05) is 26.8 Å². The smallest absolute Gasteiger partial charge is 0.313 e. The van der Waals surface area contributed by atoms with Gasteiger partial charge in [-0.15, -0.1) is 0 Å². The fraction of sp³-hybridized carbons (Fsp3) is 0.579. The normalized spacial score (nSPS) is 22.2. The summed E-state index contributed by atoms with van der Waals surface area (Å²) >= 11 is 0. The fourth-order valence-corrected chi connectivity index (χ4v) is 3.62. The molecule has 5 heteroatoms. The first-order valence-electron chi connectivity index (χ1n) is 8.45. The Labute approximate surface area is 143 Å². The van der Waals surface area contributed by atoms with E-state index in [1.807, 2.05) is 32.0 Å². The van der Waals surface area contributed by atoms with Crippen molar-refractivity contribution in [3.8, 4) is 0 Å². The molecule has 0 unspecified atom stereocenters. The van der Waals surface area contributed by atoms with Gasteiger partial charge in [0.25, 0.3) is 0 Å². The topological polar surface area (TPSA) is 66.8 Å². The van der Waals surface area contributed by atoms with Crippen molar-refractivity contribution in [2.45, 2.75) is 39.0 Å². The highest BCUT2D eigenvalue weighted by atomic mass is 16.5. The first kappa shape index (κ1) is 18.5. The third-order valence-electron chi connectivity index (χ3n) is 5.00. The Morgan fingerprint density at radius 1 is 1.38 bits per heavy atom. The van der Waals surface area contributed by atoms with Crippen LogP contribution in [-0.2, 0) is 14.3 Å². The summed E-state index contributed by atoms with van der Waals surface area (Å²) in [7, 11) is 1.51. The number of amides is 1. The molecule has 24 heavy (non-hydrogen) atoms. The number of nitrogens with zero attached hydrogens (tertiary/aromatic N) is 1. The second-order valence-corrected chi connectivity index (χ2v) is 6.90. The third kappa shape index (κ3) is 3.96. The zero-order valence-electron chi connectivity index (χ0n) is 14.7. The highest BCUT2D eigenvalue weighted by Gasteiger charge is 2.43. The summed E-state index contributed by atoms with van der Waals surface area (Å²) in [6.07, 6.45) is 1.64. The first-order chi connectivity index (χ1) is 11.4. The Hall–Kier alpha value is -1.88. The summed E-state index contributed by atoms with van der Waals surface area (Å²) in [5.74, 6) is -0.747. The summed E-state index contributed by atoms with van der Waals surface area (Å²) < 4.78 is 5.12. The van der Waals surface area contributed by atoms with Gasteiger partial charge in [0.1, 0.15) is 5.41 Å². The van der Waals surface area contributed by atoms with Crippen molar-refractivity contribution in [3.05, 3.63) is 35.4 Å². The maximum Gasteiger partial charge on any atom is 0.313 e. The molecular weight excluding hydrogens is 306 g/mol. The van der Waals surface area contributed by atoms with Crippen LogP contribution in [-0.4, -0.2) is 48.7 Å². The van der Waals surface area contributed by atoms with Crippen molar-refractivity contribution in [1.29, 1.82) is 0 Å². The van der Waals surface area contributed by atoms with Crippen LogP contribution in [0.3, 0.4) is 0 Å². The van der Waals surface area contributed by atoms with Crippen LogP contribution in [0, 0.1) is 12.3 Å². The molecule has 1 heterocycles. The van der Waals surface area contributed by atoms with Crippen LogP contribution in [0.25, 0.3) is 0 Å². The lowest BCUT2D eigenvalue weighted by Crippen LogP contribution is -2.52. The van der Waals surface area contributed by atoms with Gasteiger partial charge in [-0.3, -0.25) is 9.59 Å². The second kappa shape index (κ2) is 7.79. The van der Waals surface area contributed by atoms with Gasteiger partial charge in [-0.05, 0) is 36.8 Å². The van der Waals surface area contributed by atoms with E-state index < -0.39 is 11.4 Å². The largest absolute Gasteiger partial charge is 0.481 e. The van der Waals surface area contributed by atoms with Crippen LogP contribution in [0.2, 0.25) is 0 Å². The molecule has 0 radical (unpaired) electrons. The molecule has 0 bridgehead atoms. The Bertz CT molecular complexity index is 597. The van der Waals surface area contributed by atoms with Crippen molar-refractivity contribution in [2.24, 2.45) is 5.41 Å². The quantitative estimate of drug-likeness (QED) is 0.869. The van der Waals surface area contributed by atoms with Gasteiger partial charge in [0.05, 0.1) is 6.61 Å². The van der Waals surface area contributed by atoms with E-state index in [4.69, 9.17) is 4.74 Å². The van der Waals surface area contributed by atoms with Crippen LogP contribution >= 0.6 is 0 Å². The van der Waals surface area contributed by atoms with Crippen LogP contribution in [0.5, 0.6) is 0 Å². The molecule has 1 N–H and O–H groups in total. The number of piperidine rings is 1. The number of hydrogen-bond acceptors (Lipinski definition) is 3. The fourth-order valence-electron chi connectivity index (χ4n) is 3.62. The van der Waals surface area contributed by atoms with E-state index in [9.17, 15) is 14.7 Å². The number of likely N-dealkylation sites (tertiary alicyclic amines) is 1. The number of rotatable bonds is 6. The zero-order chi connectivity index (χ0) is 17.7. The summed E-state index contributed by atoms with van der Waals surface area (Å²) in [6, 6.07) is 8.07. The molecule has 2 rings (SSSR count). The van der Waals surface area contributed by atoms with Gasteiger partial charge in [-0.2, -0.15) is 0 Å². The number of aryl methyl sites for hydroxylation is 1. The number of ether oxygens (including phenoxy) is 1. The lowest BCUT2D eigenvalue weighted by atomic mass is 9.80. The number of carboxylic acids is 1. The van der Waals surface area contributed by atoms with E-state index in [1.54, 1.807) is 4.90 Å². The molecule has 1 aliphatic heterocycles. The summed E-state index contributed by atoms with van der Waals surface area (Å²) in [5, 5.41) is 9.60. The Morgan fingerprint density at radius 3 is 2.71 bits per heavy atom. The van der Waals surface area contributed by atoms with Gasteiger partial charge in [0, 0.05) is 26.6 Å². The minimum Gasteiger partial charge on any atom is -0.481 e. The van der Waals surface area contributed by atoms with Crippen LogP contribution in [0.1, 0.15) is 43.2 Å². The van der Waals surface area contributed by atoms with Gasteiger partial charge < -0.3 is 14.7 Å². The van der Waals surface area contributed by atoms with E-state index in [0.29, 0.717) is 25.8 Å². The van der Waals surface area contributed by atoms with E-state index in [0.717, 1.165) is 0 Å². The van der Waals surface area contributed by atoms with E-state index >= 15 is 0 Å². The van der Waals surface area contributed by atoms with Crippen LogP contribution in [0.15, 0.2) is 24.3 Å². The summed E-state index contributed by atoms with van der Waals surface area (Å²) in [4.78, 5) is 26.1. The van der Waals surface area contributed by atoms with E-state index in [-0.39, 0.29) is 25.0 Å². The summed E-state index contributed by atoms with van der Waals surface area (Å²) in [6.45, 7) is 5.09. The number of carbonyl (C=O) groups excluding carboxylic acids is 1. The standard InChI is InChI=1S/C19H27NO4/c1-14-7-4-5-8-16(14)15(2)11-17(21)20-10-6-9-19(12-20,13-24-3)18(22)23/h4-5,7-8,15H,6,9-13H2,1-3H3,(H,22,23)/t15-,19-/m1/s1. The average Bonchev–Trinajstić information content (AvgIpc) is 2.55. The number of benzene rings is 1. The lowest BCUT2D eigenvalue weighted by Gasteiger charge is -2.39. The maximum absolute atomic E-state index is 12.7. The zero-order valence-corrected chi connectivity index (χ0v) is 14.7. The minimum absolute atomic E-state index is 0.0205. The molecule has 0 aliphatic carbocycles. The SMILES string of the molecule is COC[C@@]1(C(=O)O)CCCN(C(=O)C[C@@H](C)c2ccccc2C)C1. The molecule has 132 valence electrons. The minimum atomic E-state index is -0.978. The number of methoxy groups -OCH3 is 1. The third-order valence-corrected chi connectivity index (χ3v) is 5.00. The van der Waals surface area contributed by atoms with Crippen molar-refractivity contribution >= 4 is 11.9 Å². The average molecular weight is 333 g/mol. The molecule has 0 aromatic heterocycles. The van der Waals surface area contributed by atoms with Gasteiger partial charge in [0.2, 0.25) is 5.91 Å². The summed E-state index contributed by atoms with van der Waals surface area (Å²) in [5.41, 5.74) is 1.37. The molecule has 0 saturated carbocycles. The van der Waals surface area contributed by atoms with Crippen molar-refractivity contribution < 1.29 is 19.4 Å². The molecule has 1 amide bonds. The van der Waals surface area contributed by atoms with Crippen LogP contribution in [0.4, 0.5) is 0 Å². The second-order valence-electron chi connectivity index (χ2n) is 6.90. The van der Waals surface area contributed by atoms with Gasteiger partial charge in [-0.25, -0.2) is 0 Å². The monoisotopic (exact) mass is 333 g/mol. The number of hydrogen-bond donors (Lipinski definition) is 1. The molecule has 1 saturated heterocycles. The van der Waals surface area contributed by atoms with Gasteiger partial charge >= 0.3 is 5.97 Å². The first-order valence-corrected chi connectivity index (χ1v) is 8.45. The highest BCUT2D eigenvalue weighted by Crippen LogP contribution is 2.32. The predicted molar refractivity (Wildman–Crippen MR) is 92.0 cm³/mol. The van der Waals surface area contributed by atoms with Gasteiger partial charge in [0.15, 0.2) is 0 Å². The molecule has 5 nitrogen and oxygen atoms in total. The molecule has 2 atom stereocenters. The van der Waals surface area contributed by atoms with Gasteiger partial charge in [-0.1, -0.05) is 31.2 Å². The molecule has 0 spiro atoms. The Kier molecular flexibility index (Phi) is 5.99. The van der Waals surface area contributed by atoms with E-state index in [1.165, 1.54) is 18.2 Å². The molecule has 1 aromatic rings. The number of carbonyl (C=O) groups is 2. The molecule has 1 fully saturated rings. The molecular formula is C19H27NO4. The van der Waals surface area contributed by atoms with E-state index in [2.05, 4.69) is 6.07 Å². The van der Waals surface area contributed by atoms with Crippen LogP contribution < -0.4 is 0 Å². The number of carboxylic acid groups (broad SMARTS) is 1. The molecule has 1 aliphatic rings. The maximum atomic E-state index is 12.7.